The zero-order valence-electron chi connectivity index (χ0n) is 11.5. The van der Waals surface area contributed by atoms with Gasteiger partial charge in [-0.15, -0.1) is 0 Å². The SMILES string of the molecule is CCCCN(CCCC)C(=O)C1CCC(N)C1. The van der Waals surface area contributed by atoms with E-state index in [1.807, 2.05) is 0 Å². The average Bonchev–Trinajstić information content (AvgIpc) is 2.75. The van der Waals surface area contributed by atoms with Crippen molar-refractivity contribution in [1.82, 2.24) is 4.90 Å². The molecule has 0 heterocycles. The van der Waals surface area contributed by atoms with Crippen LogP contribution >= 0.6 is 0 Å². The van der Waals surface area contributed by atoms with E-state index in [1.54, 1.807) is 0 Å². The molecule has 3 heteroatoms. The summed E-state index contributed by atoms with van der Waals surface area (Å²) in [6.07, 6.45) is 7.46. The van der Waals surface area contributed by atoms with Crippen molar-refractivity contribution in [2.45, 2.75) is 64.8 Å². The maximum atomic E-state index is 12.4. The maximum Gasteiger partial charge on any atom is 0.225 e. The van der Waals surface area contributed by atoms with Gasteiger partial charge in [-0.1, -0.05) is 26.7 Å². The van der Waals surface area contributed by atoms with Crippen molar-refractivity contribution in [2.24, 2.45) is 11.7 Å². The molecule has 1 saturated carbocycles. The average molecular weight is 240 g/mol. The Hall–Kier alpha value is -0.570. The summed E-state index contributed by atoms with van der Waals surface area (Å²) in [5.41, 5.74) is 5.89. The molecule has 1 aliphatic carbocycles. The van der Waals surface area contributed by atoms with Crippen LogP contribution in [0.3, 0.4) is 0 Å². The van der Waals surface area contributed by atoms with E-state index in [4.69, 9.17) is 5.73 Å². The predicted molar refractivity (Wildman–Crippen MR) is 71.7 cm³/mol. The van der Waals surface area contributed by atoms with E-state index in [0.717, 1.165) is 58.0 Å². The summed E-state index contributed by atoms with van der Waals surface area (Å²) in [6, 6.07) is 0.253. The Morgan fingerprint density at radius 1 is 1.18 bits per heavy atom. The molecule has 0 aromatic rings. The van der Waals surface area contributed by atoms with Crippen molar-refractivity contribution in [3.05, 3.63) is 0 Å². The van der Waals surface area contributed by atoms with Gasteiger partial charge < -0.3 is 10.6 Å². The second-order valence-electron chi connectivity index (χ2n) is 5.30. The van der Waals surface area contributed by atoms with Gasteiger partial charge in [0.25, 0.3) is 0 Å². The number of nitrogens with two attached hydrogens (primary N) is 1. The lowest BCUT2D eigenvalue weighted by Gasteiger charge is -2.25. The summed E-state index contributed by atoms with van der Waals surface area (Å²) in [4.78, 5) is 14.5. The van der Waals surface area contributed by atoms with Crippen LogP contribution in [0.25, 0.3) is 0 Å². The molecule has 0 spiro atoms. The number of amides is 1. The second kappa shape index (κ2) is 7.70. The lowest BCUT2D eigenvalue weighted by molar-refractivity contribution is -0.135. The smallest absolute Gasteiger partial charge is 0.225 e. The fraction of sp³-hybridized carbons (Fsp3) is 0.929. The van der Waals surface area contributed by atoms with Crippen LogP contribution in [-0.4, -0.2) is 29.9 Å². The van der Waals surface area contributed by atoms with E-state index in [1.165, 1.54) is 0 Å². The number of hydrogen-bond donors (Lipinski definition) is 1. The first-order valence-electron chi connectivity index (χ1n) is 7.23. The van der Waals surface area contributed by atoms with Crippen LogP contribution in [0.15, 0.2) is 0 Å². The summed E-state index contributed by atoms with van der Waals surface area (Å²) >= 11 is 0. The van der Waals surface area contributed by atoms with E-state index >= 15 is 0 Å². The van der Waals surface area contributed by atoms with Crippen LogP contribution in [0.5, 0.6) is 0 Å². The number of rotatable bonds is 7. The van der Waals surface area contributed by atoms with Gasteiger partial charge in [0.1, 0.15) is 0 Å². The Morgan fingerprint density at radius 2 is 1.76 bits per heavy atom. The standard InChI is InChI=1S/C14H28N2O/c1-3-5-9-16(10-6-4-2)14(17)12-7-8-13(15)11-12/h12-13H,3-11,15H2,1-2H3. The van der Waals surface area contributed by atoms with Gasteiger partial charge >= 0.3 is 0 Å². The highest BCUT2D eigenvalue weighted by molar-refractivity contribution is 5.79. The van der Waals surface area contributed by atoms with Crippen molar-refractivity contribution in [3.63, 3.8) is 0 Å². The first kappa shape index (κ1) is 14.5. The lowest BCUT2D eigenvalue weighted by Crippen LogP contribution is -2.37. The second-order valence-corrected chi connectivity index (χ2v) is 5.30. The van der Waals surface area contributed by atoms with E-state index in [0.29, 0.717) is 5.91 Å². The van der Waals surface area contributed by atoms with Crippen LogP contribution < -0.4 is 5.73 Å². The van der Waals surface area contributed by atoms with Crippen LogP contribution in [0.1, 0.15) is 58.8 Å². The molecule has 0 saturated heterocycles. The summed E-state index contributed by atoms with van der Waals surface area (Å²) in [5, 5.41) is 0. The minimum absolute atomic E-state index is 0.207. The van der Waals surface area contributed by atoms with Crippen LogP contribution in [-0.2, 0) is 4.79 Å². The molecule has 1 fully saturated rings. The molecule has 2 unspecified atom stereocenters. The Kier molecular flexibility index (Phi) is 6.56. The number of carbonyl (C=O) groups excluding carboxylic acids is 1. The molecule has 17 heavy (non-hydrogen) atoms. The van der Waals surface area contributed by atoms with E-state index in [9.17, 15) is 4.79 Å². The molecule has 2 atom stereocenters. The molecule has 2 N–H and O–H groups in total. The molecule has 0 radical (unpaired) electrons. The maximum absolute atomic E-state index is 12.4. The largest absolute Gasteiger partial charge is 0.342 e. The fourth-order valence-corrected chi connectivity index (χ4v) is 2.53. The normalized spacial score (nSPS) is 23.9. The van der Waals surface area contributed by atoms with Gasteiger partial charge in [-0.2, -0.15) is 0 Å². The molecule has 3 nitrogen and oxygen atoms in total. The van der Waals surface area contributed by atoms with Crippen LogP contribution in [0.2, 0.25) is 0 Å². The molecular formula is C14H28N2O. The van der Waals surface area contributed by atoms with E-state index in [2.05, 4.69) is 18.7 Å². The van der Waals surface area contributed by atoms with Gasteiger partial charge in [0, 0.05) is 25.0 Å². The number of carbonyl (C=O) groups is 1. The minimum atomic E-state index is 0.207. The van der Waals surface area contributed by atoms with Crippen molar-refractivity contribution in [2.75, 3.05) is 13.1 Å². The first-order chi connectivity index (χ1) is 8.19. The molecule has 1 rings (SSSR count). The number of hydrogen-bond acceptors (Lipinski definition) is 2. The summed E-state index contributed by atoms with van der Waals surface area (Å²) in [6.45, 7) is 6.21. The van der Waals surface area contributed by atoms with Crippen LogP contribution in [0, 0.1) is 5.92 Å². The van der Waals surface area contributed by atoms with E-state index in [-0.39, 0.29) is 12.0 Å². The lowest BCUT2D eigenvalue weighted by atomic mass is 10.1. The quantitative estimate of drug-likeness (QED) is 0.743. The highest BCUT2D eigenvalue weighted by Crippen LogP contribution is 2.26. The number of unbranched alkanes of at least 4 members (excludes halogenated alkanes) is 2. The van der Waals surface area contributed by atoms with Crippen molar-refractivity contribution in [1.29, 1.82) is 0 Å². The third-order valence-corrected chi connectivity index (χ3v) is 3.70. The van der Waals surface area contributed by atoms with Gasteiger partial charge in [0.05, 0.1) is 0 Å². The molecule has 0 bridgehead atoms. The fourth-order valence-electron chi connectivity index (χ4n) is 2.53. The van der Waals surface area contributed by atoms with Gasteiger partial charge in [-0.25, -0.2) is 0 Å². The predicted octanol–water partition coefficient (Wildman–Crippen LogP) is 2.54. The molecule has 0 aromatic carbocycles. The first-order valence-corrected chi connectivity index (χ1v) is 7.23. The monoisotopic (exact) mass is 240 g/mol. The van der Waals surface area contributed by atoms with Crippen LogP contribution in [0.4, 0.5) is 0 Å². The molecule has 0 aromatic heterocycles. The Bertz CT molecular complexity index is 222. The van der Waals surface area contributed by atoms with Gasteiger partial charge in [-0.05, 0) is 32.1 Å². The van der Waals surface area contributed by atoms with Crippen molar-refractivity contribution >= 4 is 5.91 Å². The zero-order chi connectivity index (χ0) is 12.7. The van der Waals surface area contributed by atoms with Crippen molar-refractivity contribution < 1.29 is 4.79 Å². The third-order valence-electron chi connectivity index (χ3n) is 3.70. The molecule has 0 aliphatic heterocycles. The summed E-state index contributed by atoms with van der Waals surface area (Å²) < 4.78 is 0. The third kappa shape index (κ3) is 4.66. The molecule has 1 amide bonds. The molecule has 100 valence electrons. The van der Waals surface area contributed by atoms with Gasteiger partial charge in [0.2, 0.25) is 5.91 Å². The van der Waals surface area contributed by atoms with Gasteiger partial charge in [-0.3, -0.25) is 4.79 Å². The number of nitrogens with zero attached hydrogens (tertiary/aromatic N) is 1. The summed E-state index contributed by atoms with van der Waals surface area (Å²) in [7, 11) is 0. The Morgan fingerprint density at radius 3 is 2.18 bits per heavy atom. The van der Waals surface area contributed by atoms with E-state index < -0.39 is 0 Å². The minimum Gasteiger partial charge on any atom is -0.342 e. The topological polar surface area (TPSA) is 46.3 Å². The summed E-state index contributed by atoms with van der Waals surface area (Å²) in [5.74, 6) is 0.568. The highest BCUT2D eigenvalue weighted by Gasteiger charge is 2.30. The molecule has 1 aliphatic rings. The highest BCUT2D eigenvalue weighted by atomic mass is 16.2. The van der Waals surface area contributed by atoms with Gasteiger partial charge in [0.15, 0.2) is 0 Å². The zero-order valence-corrected chi connectivity index (χ0v) is 11.5. The molecular weight excluding hydrogens is 212 g/mol. The Balaban J connectivity index is 2.45. The Labute approximate surface area is 106 Å². The van der Waals surface area contributed by atoms with Crippen molar-refractivity contribution in [3.8, 4) is 0 Å².